The van der Waals surface area contributed by atoms with Crippen LogP contribution in [0.1, 0.15) is 29.0 Å². The van der Waals surface area contributed by atoms with Crippen molar-refractivity contribution < 1.29 is 4.79 Å². The van der Waals surface area contributed by atoms with E-state index in [2.05, 4.69) is 10.2 Å². The van der Waals surface area contributed by atoms with Gasteiger partial charge in [-0.2, -0.15) is 0 Å². The van der Waals surface area contributed by atoms with Gasteiger partial charge in [0.1, 0.15) is 0 Å². The molecule has 0 N–H and O–H groups in total. The van der Waals surface area contributed by atoms with Crippen LogP contribution < -0.4 is 0 Å². The van der Waals surface area contributed by atoms with Gasteiger partial charge in [0.25, 0.3) is 5.91 Å². The normalized spacial score (nSPS) is 12.0. The molecule has 2 rings (SSSR count). The van der Waals surface area contributed by atoms with Gasteiger partial charge in [-0.1, -0.05) is 41.4 Å². The molecule has 0 fully saturated rings. The maximum Gasteiger partial charge on any atom is 0.274 e. The molecule has 1 atom stereocenters. The summed E-state index contributed by atoms with van der Waals surface area (Å²) in [4.78, 5) is 13.9. The van der Waals surface area contributed by atoms with E-state index in [1.807, 2.05) is 25.1 Å². The first-order valence-corrected chi connectivity index (χ1v) is 6.77. The highest BCUT2D eigenvalue weighted by molar-refractivity contribution is 6.31. The van der Waals surface area contributed by atoms with Crippen molar-refractivity contribution in [3.05, 3.63) is 57.8 Å². The molecule has 0 aliphatic heterocycles. The van der Waals surface area contributed by atoms with Gasteiger partial charge >= 0.3 is 0 Å². The molecule has 0 saturated carbocycles. The second-order valence-corrected chi connectivity index (χ2v) is 5.15. The fourth-order valence-electron chi connectivity index (χ4n) is 1.81. The van der Waals surface area contributed by atoms with Crippen molar-refractivity contribution in [2.24, 2.45) is 0 Å². The molecule has 1 aromatic carbocycles. The van der Waals surface area contributed by atoms with Crippen molar-refractivity contribution in [1.82, 2.24) is 15.1 Å². The summed E-state index contributed by atoms with van der Waals surface area (Å²) in [6.45, 7) is 1.91. The highest BCUT2D eigenvalue weighted by Gasteiger charge is 2.21. The Hall–Kier alpha value is -1.65. The Bertz CT molecular complexity index is 616. The Balaban J connectivity index is 2.22. The van der Waals surface area contributed by atoms with Gasteiger partial charge in [-0.05, 0) is 30.7 Å². The average molecular weight is 310 g/mol. The van der Waals surface area contributed by atoms with Crippen LogP contribution in [0.25, 0.3) is 0 Å². The summed E-state index contributed by atoms with van der Waals surface area (Å²) in [7, 11) is 1.70. The van der Waals surface area contributed by atoms with E-state index in [0.29, 0.717) is 5.02 Å². The molecule has 1 aromatic heterocycles. The second kappa shape index (κ2) is 6.20. The highest BCUT2D eigenvalue weighted by atomic mass is 35.5. The summed E-state index contributed by atoms with van der Waals surface area (Å²) in [5.41, 5.74) is 1.13. The summed E-state index contributed by atoms with van der Waals surface area (Å²) in [6, 6.07) is 10.3. The zero-order chi connectivity index (χ0) is 14.7. The predicted octanol–water partition coefficient (Wildman–Crippen LogP) is 3.62. The van der Waals surface area contributed by atoms with Gasteiger partial charge in [0.2, 0.25) is 0 Å². The predicted molar refractivity (Wildman–Crippen MR) is 79.0 cm³/mol. The van der Waals surface area contributed by atoms with Crippen LogP contribution in [-0.4, -0.2) is 28.1 Å². The number of carbonyl (C=O) groups excluding carboxylic acids is 1. The number of rotatable bonds is 3. The van der Waals surface area contributed by atoms with Gasteiger partial charge in [-0.15, -0.1) is 10.2 Å². The number of hydrogen-bond donors (Lipinski definition) is 0. The van der Waals surface area contributed by atoms with E-state index in [0.717, 1.165) is 5.56 Å². The number of amides is 1. The summed E-state index contributed by atoms with van der Waals surface area (Å²) in [6.07, 6.45) is 0. The molecular formula is C14H13Cl2N3O. The number of halogens is 2. The monoisotopic (exact) mass is 309 g/mol. The van der Waals surface area contributed by atoms with E-state index in [1.165, 1.54) is 6.07 Å². The van der Waals surface area contributed by atoms with Crippen molar-refractivity contribution in [3.8, 4) is 0 Å². The largest absolute Gasteiger partial charge is 0.333 e. The van der Waals surface area contributed by atoms with Crippen molar-refractivity contribution in [1.29, 1.82) is 0 Å². The molecule has 104 valence electrons. The maximum absolute atomic E-state index is 12.3. The Morgan fingerprint density at radius 2 is 1.85 bits per heavy atom. The van der Waals surface area contributed by atoms with Crippen LogP contribution in [-0.2, 0) is 0 Å². The van der Waals surface area contributed by atoms with E-state index in [4.69, 9.17) is 23.2 Å². The molecule has 20 heavy (non-hydrogen) atoms. The van der Waals surface area contributed by atoms with Gasteiger partial charge in [0.15, 0.2) is 10.8 Å². The van der Waals surface area contributed by atoms with Crippen LogP contribution in [0.5, 0.6) is 0 Å². The minimum Gasteiger partial charge on any atom is -0.333 e. The lowest BCUT2D eigenvalue weighted by atomic mass is 10.1. The first-order valence-electron chi connectivity index (χ1n) is 6.01. The van der Waals surface area contributed by atoms with Crippen molar-refractivity contribution in [2.75, 3.05) is 7.05 Å². The number of aromatic nitrogens is 2. The van der Waals surface area contributed by atoms with Gasteiger partial charge in [0.05, 0.1) is 6.04 Å². The lowest BCUT2D eigenvalue weighted by molar-refractivity contribution is 0.0735. The van der Waals surface area contributed by atoms with Crippen LogP contribution in [0.4, 0.5) is 0 Å². The first-order chi connectivity index (χ1) is 9.50. The number of carbonyl (C=O) groups is 1. The van der Waals surface area contributed by atoms with Crippen molar-refractivity contribution in [2.45, 2.75) is 13.0 Å². The number of nitrogens with zero attached hydrogens (tertiary/aromatic N) is 3. The average Bonchev–Trinajstić information content (AvgIpc) is 2.46. The van der Waals surface area contributed by atoms with Gasteiger partial charge in [-0.3, -0.25) is 4.79 Å². The summed E-state index contributed by atoms with van der Waals surface area (Å²) < 4.78 is 0. The standard InChI is InChI=1S/C14H13Cl2N3O/c1-9(10-5-3-4-6-11(10)15)19(2)14(20)12-7-8-13(16)18-17-12/h3-9H,1-2H3. The lowest BCUT2D eigenvalue weighted by Gasteiger charge is -2.25. The molecule has 1 amide bonds. The van der Waals surface area contributed by atoms with Crippen LogP contribution in [0.15, 0.2) is 36.4 Å². The minimum absolute atomic E-state index is 0.173. The van der Waals surface area contributed by atoms with Gasteiger partial charge < -0.3 is 4.90 Å². The van der Waals surface area contributed by atoms with E-state index >= 15 is 0 Å². The van der Waals surface area contributed by atoms with Crippen LogP contribution in [0.2, 0.25) is 10.2 Å². The third-order valence-corrected chi connectivity index (χ3v) is 3.65. The van der Waals surface area contributed by atoms with Crippen LogP contribution >= 0.6 is 23.2 Å². The maximum atomic E-state index is 12.3. The number of hydrogen-bond acceptors (Lipinski definition) is 3. The quantitative estimate of drug-likeness (QED) is 0.870. The van der Waals surface area contributed by atoms with E-state index in [-0.39, 0.29) is 22.8 Å². The molecule has 0 aliphatic rings. The van der Waals surface area contributed by atoms with Gasteiger partial charge in [-0.25, -0.2) is 0 Å². The second-order valence-electron chi connectivity index (χ2n) is 4.35. The SMILES string of the molecule is CC(c1ccccc1Cl)N(C)C(=O)c1ccc(Cl)nn1. The fourth-order valence-corrected chi connectivity index (χ4v) is 2.20. The molecule has 1 unspecified atom stereocenters. The highest BCUT2D eigenvalue weighted by Crippen LogP contribution is 2.26. The van der Waals surface area contributed by atoms with E-state index < -0.39 is 0 Å². The molecule has 0 saturated heterocycles. The molecule has 0 aliphatic carbocycles. The third-order valence-electron chi connectivity index (χ3n) is 3.11. The molecule has 2 aromatic rings. The molecule has 1 heterocycles. The zero-order valence-corrected chi connectivity index (χ0v) is 12.6. The third kappa shape index (κ3) is 3.08. The molecule has 0 bridgehead atoms. The summed E-state index contributed by atoms with van der Waals surface area (Å²) >= 11 is 11.8. The Kier molecular flexibility index (Phi) is 4.57. The summed E-state index contributed by atoms with van der Waals surface area (Å²) in [5.74, 6) is -0.235. The summed E-state index contributed by atoms with van der Waals surface area (Å²) in [5, 5.41) is 8.35. The van der Waals surface area contributed by atoms with Crippen molar-refractivity contribution >= 4 is 29.1 Å². The minimum atomic E-state index is -0.235. The molecule has 0 radical (unpaired) electrons. The Morgan fingerprint density at radius 1 is 1.15 bits per heavy atom. The topological polar surface area (TPSA) is 46.1 Å². The molecule has 6 heteroatoms. The first kappa shape index (κ1) is 14.8. The lowest BCUT2D eigenvalue weighted by Crippen LogP contribution is -2.30. The fraction of sp³-hybridized carbons (Fsp3) is 0.214. The van der Waals surface area contributed by atoms with E-state index in [1.54, 1.807) is 24.1 Å². The Labute approximate surface area is 127 Å². The molecule has 0 spiro atoms. The van der Waals surface area contributed by atoms with Gasteiger partial charge in [0, 0.05) is 12.1 Å². The molecular weight excluding hydrogens is 297 g/mol. The molecule has 4 nitrogen and oxygen atoms in total. The smallest absolute Gasteiger partial charge is 0.274 e. The van der Waals surface area contributed by atoms with E-state index in [9.17, 15) is 4.79 Å². The van der Waals surface area contributed by atoms with Crippen LogP contribution in [0.3, 0.4) is 0 Å². The number of benzene rings is 1. The zero-order valence-electron chi connectivity index (χ0n) is 11.0. The van der Waals surface area contributed by atoms with Crippen LogP contribution in [0, 0.1) is 0 Å². The Morgan fingerprint density at radius 3 is 2.45 bits per heavy atom. The van der Waals surface area contributed by atoms with Crippen molar-refractivity contribution in [3.63, 3.8) is 0 Å².